The molecule has 0 bridgehead atoms. The first-order valence-electron chi connectivity index (χ1n) is 4.73. The molecule has 0 spiro atoms. The van der Waals surface area contributed by atoms with Crippen LogP contribution in [0.2, 0.25) is 5.02 Å². The lowest BCUT2D eigenvalue weighted by molar-refractivity contribution is 0.108. The van der Waals surface area contributed by atoms with Crippen molar-refractivity contribution >= 4 is 17.3 Å². The number of aliphatic hydroxyl groups excluding tert-OH is 1. The van der Waals surface area contributed by atoms with Gasteiger partial charge in [-0.2, -0.15) is 0 Å². The molecule has 0 fully saturated rings. The molecule has 1 aromatic rings. The summed E-state index contributed by atoms with van der Waals surface area (Å²) in [6.07, 6.45) is 0. The van der Waals surface area contributed by atoms with Crippen molar-refractivity contribution in [2.45, 2.75) is 12.5 Å². The molecule has 0 saturated carbocycles. The molecule has 2 N–H and O–H groups in total. The highest BCUT2D eigenvalue weighted by molar-refractivity contribution is 6.30. The van der Waals surface area contributed by atoms with Crippen molar-refractivity contribution in [1.82, 2.24) is 0 Å². The first-order chi connectivity index (χ1) is 7.09. The van der Waals surface area contributed by atoms with Crippen molar-refractivity contribution < 1.29 is 9.84 Å². The summed E-state index contributed by atoms with van der Waals surface area (Å²) in [4.78, 5) is 0. The normalized spacial score (nSPS) is 14.7. The van der Waals surface area contributed by atoms with Crippen LogP contribution in [0.1, 0.15) is 6.92 Å². The van der Waals surface area contributed by atoms with Gasteiger partial charge in [0.1, 0.15) is 0 Å². The number of nitrogens with one attached hydrogen (secondary N) is 1. The molecule has 0 aromatic heterocycles. The number of ether oxygens (including phenoxy) is 1. The van der Waals surface area contributed by atoms with E-state index in [-0.39, 0.29) is 6.61 Å². The van der Waals surface area contributed by atoms with Crippen LogP contribution in [0, 0.1) is 0 Å². The SMILES string of the molecule is COCC(C)(CO)Nc1ccc(Cl)cc1. The van der Waals surface area contributed by atoms with E-state index < -0.39 is 5.54 Å². The second-order valence-corrected chi connectivity index (χ2v) is 4.22. The Morgan fingerprint density at radius 3 is 2.47 bits per heavy atom. The first kappa shape index (κ1) is 12.3. The molecule has 0 amide bonds. The Morgan fingerprint density at radius 1 is 1.40 bits per heavy atom. The second-order valence-electron chi connectivity index (χ2n) is 3.78. The number of hydrogen-bond acceptors (Lipinski definition) is 3. The molecule has 0 saturated heterocycles. The summed E-state index contributed by atoms with van der Waals surface area (Å²) in [5.74, 6) is 0. The van der Waals surface area contributed by atoms with Crippen LogP contribution in [0.15, 0.2) is 24.3 Å². The van der Waals surface area contributed by atoms with Crippen molar-refractivity contribution in [2.24, 2.45) is 0 Å². The Balaban J connectivity index is 2.70. The van der Waals surface area contributed by atoms with Crippen molar-refractivity contribution in [3.63, 3.8) is 0 Å². The van der Waals surface area contributed by atoms with E-state index in [2.05, 4.69) is 5.32 Å². The molecule has 84 valence electrons. The first-order valence-corrected chi connectivity index (χ1v) is 5.11. The molecule has 15 heavy (non-hydrogen) atoms. The molecule has 1 atom stereocenters. The van der Waals surface area contributed by atoms with Gasteiger partial charge in [0.25, 0.3) is 0 Å². The monoisotopic (exact) mass is 229 g/mol. The van der Waals surface area contributed by atoms with Crippen LogP contribution in [0.4, 0.5) is 5.69 Å². The third-order valence-electron chi connectivity index (χ3n) is 2.10. The molecule has 1 unspecified atom stereocenters. The van der Waals surface area contributed by atoms with E-state index in [1.807, 2.05) is 19.1 Å². The van der Waals surface area contributed by atoms with E-state index in [9.17, 15) is 5.11 Å². The van der Waals surface area contributed by atoms with Crippen LogP contribution < -0.4 is 5.32 Å². The molecule has 0 aliphatic heterocycles. The van der Waals surface area contributed by atoms with E-state index in [0.29, 0.717) is 11.6 Å². The van der Waals surface area contributed by atoms with E-state index in [1.165, 1.54) is 0 Å². The third kappa shape index (κ3) is 3.70. The Kier molecular flexibility index (Phi) is 4.39. The van der Waals surface area contributed by atoms with Crippen LogP contribution in [0.25, 0.3) is 0 Å². The number of methoxy groups -OCH3 is 1. The fraction of sp³-hybridized carbons (Fsp3) is 0.455. The zero-order chi connectivity index (χ0) is 11.3. The minimum absolute atomic E-state index is 0.00344. The van der Waals surface area contributed by atoms with Crippen LogP contribution in [0.3, 0.4) is 0 Å². The van der Waals surface area contributed by atoms with Gasteiger partial charge in [0.15, 0.2) is 0 Å². The summed E-state index contributed by atoms with van der Waals surface area (Å²) in [6, 6.07) is 7.33. The number of rotatable bonds is 5. The Labute approximate surface area is 95.0 Å². The van der Waals surface area contributed by atoms with Gasteiger partial charge in [-0.15, -0.1) is 0 Å². The minimum Gasteiger partial charge on any atom is -0.394 e. The lowest BCUT2D eigenvalue weighted by Crippen LogP contribution is -2.43. The van der Waals surface area contributed by atoms with E-state index in [4.69, 9.17) is 16.3 Å². The van der Waals surface area contributed by atoms with Crippen LogP contribution in [-0.4, -0.2) is 31.0 Å². The minimum atomic E-state index is -0.470. The van der Waals surface area contributed by atoms with Gasteiger partial charge in [-0.1, -0.05) is 11.6 Å². The number of benzene rings is 1. The number of halogens is 1. The molecule has 0 aliphatic carbocycles. The smallest absolute Gasteiger partial charge is 0.0808 e. The van der Waals surface area contributed by atoms with Crippen LogP contribution in [-0.2, 0) is 4.74 Å². The molecule has 1 rings (SSSR count). The van der Waals surface area contributed by atoms with Gasteiger partial charge in [-0.25, -0.2) is 0 Å². The van der Waals surface area contributed by atoms with Crippen molar-refractivity contribution in [2.75, 3.05) is 25.6 Å². The van der Waals surface area contributed by atoms with E-state index in [0.717, 1.165) is 5.69 Å². The summed E-state index contributed by atoms with van der Waals surface area (Å²) in [7, 11) is 1.61. The predicted octanol–water partition coefficient (Wildman–Crippen LogP) is 2.15. The number of hydrogen-bond donors (Lipinski definition) is 2. The van der Waals surface area contributed by atoms with Gasteiger partial charge in [0.2, 0.25) is 0 Å². The molecule has 3 nitrogen and oxygen atoms in total. The summed E-state index contributed by atoms with van der Waals surface area (Å²) in [6.45, 7) is 2.33. The standard InChI is InChI=1S/C11H16ClNO2/c1-11(7-14,8-15-2)13-10-5-3-9(12)4-6-10/h3-6,13-14H,7-8H2,1-2H3. The lowest BCUT2D eigenvalue weighted by atomic mass is 10.0. The summed E-state index contributed by atoms with van der Waals surface area (Å²) in [5.41, 5.74) is 0.441. The molecular weight excluding hydrogens is 214 g/mol. The summed E-state index contributed by atoms with van der Waals surface area (Å²) < 4.78 is 5.05. The fourth-order valence-electron chi connectivity index (χ4n) is 1.32. The molecule has 0 radical (unpaired) electrons. The van der Waals surface area contributed by atoms with Crippen molar-refractivity contribution in [1.29, 1.82) is 0 Å². The zero-order valence-corrected chi connectivity index (χ0v) is 9.71. The average Bonchev–Trinajstić information content (AvgIpc) is 2.22. The highest BCUT2D eigenvalue weighted by Crippen LogP contribution is 2.18. The maximum atomic E-state index is 9.26. The van der Waals surface area contributed by atoms with Gasteiger partial charge in [-0.05, 0) is 31.2 Å². The largest absolute Gasteiger partial charge is 0.394 e. The van der Waals surface area contributed by atoms with Crippen molar-refractivity contribution in [3.05, 3.63) is 29.3 Å². The zero-order valence-electron chi connectivity index (χ0n) is 8.96. The quantitative estimate of drug-likeness (QED) is 0.813. The molecular formula is C11H16ClNO2. The maximum absolute atomic E-state index is 9.26. The van der Waals surface area contributed by atoms with Gasteiger partial charge in [-0.3, -0.25) is 0 Å². The fourth-order valence-corrected chi connectivity index (χ4v) is 1.45. The van der Waals surface area contributed by atoms with Gasteiger partial charge in [0.05, 0.1) is 18.8 Å². The average molecular weight is 230 g/mol. The van der Waals surface area contributed by atoms with Gasteiger partial charge in [0, 0.05) is 17.8 Å². The van der Waals surface area contributed by atoms with Crippen LogP contribution in [0.5, 0.6) is 0 Å². The highest BCUT2D eigenvalue weighted by Gasteiger charge is 2.22. The molecule has 0 aliphatic rings. The van der Waals surface area contributed by atoms with Gasteiger partial charge >= 0.3 is 0 Å². The lowest BCUT2D eigenvalue weighted by Gasteiger charge is -2.29. The van der Waals surface area contributed by atoms with Crippen molar-refractivity contribution in [3.8, 4) is 0 Å². The Morgan fingerprint density at radius 2 is 2.00 bits per heavy atom. The van der Waals surface area contributed by atoms with Gasteiger partial charge < -0.3 is 15.2 Å². The highest BCUT2D eigenvalue weighted by atomic mass is 35.5. The second kappa shape index (κ2) is 5.35. The molecule has 4 heteroatoms. The topological polar surface area (TPSA) is 41.5 Å². The number of aliphatic hydroxyl groups is 1. The van der Waals surface area contributed by atoms with E-state index >= 15 is 0 Å². The third-order valence-corrected chi connectivity index (χ3v) is 2.35. The number of anilines is 1. The Hall–Kier alpha value is -0.770. The molecule has 1 aromatic carbocycles. The van der Waals surface area contributed by atoms with E-state index in [1.54, 1.807) is 19.2 Å². The molecule has 0 heterocycles. The van der Waals surface area contributed by atoms with Crippen LogP contribution >= 0.6 is 11.6 Å². The summed E-state index contributed by atoms with van der Waals surface area (Å²) in [5, 5.41) is 13.2. The summed E-state index contributed by atoms with van der Waals surface area (Å²) >= 11 is 5.78. The maximum Gasteiger partial charge on any atom is 0.0808 e. The predicted molar refractivity (Wildman–Crippen MR) is 62.4 cm³/mol. The Bertz CT molecular complexity index is 302.